The van der Waals surface area contributed by atoms with Gasteiger partial charge in [0.15, 0.2) is 0 Å². The Morgan fingerprint density at radius 1 is 1.33 bits per heavy atom. The average molecular weight is 270 g/mol. The number of anilines is 1. The third kappa shape index (κ3) is 2.43. The molecule has 2 heterocycles. The van der Waals surface area contributed by atoms with Crippen molar-refractivity contribution in [3.63, 3.8) is 0 Å². The highest BCUT2D eigenvalue weighted by Gasteiger charge is 2.22. The Kier molecular flexibility index (Phi) is 2.93. The molecule has 9 nitrogen and oxygen atoms in total. The zero-order valence-electron chi connectivity index (χ0n) is 8.64. The molecule has 18 heavy (non-hydrogen) atoms. The van der Waals surface area contributed by atoms with E-state index in [9.17, 15) is 13.2 Å². The standard InChI is InChI=1S/C8H6N4O5S/c13-7(14)5-1-2-6(17-5)18(15,16)12-8-9-3-4-10-11-8/h1-4H,(H,13,14)(H,9,11,12). The summed E-state index contributed by atoms with van der Waals surface area (Å²) in [5.74, 6) is -2.10. The fourth-order valence-electron chi connectivity index (χ4n) is 1.04. The van der Waals surface area contributed by atoms with Crippen LogP contribution in [0.25, 0.3) is 0 Å². The number of carbonyl (C=O) groups is 1. The van der Waals surface area contributed by atoms with Gasteiger partial charge in [0.25, 0.3) is 16.0 Å². The van der Waals surface area contributed by atoms with Crippen LogP contribution in [0.2, 0.25) is 0 Å². The van der Waals surface area contributed by atoms with Gasteiger partial charge in [0.2, 0.25) is 10.9 Å². The summed E-state index contributed by atoms with van der Waals surface area (Å²) in [4.78, 5) is 14.2. The third-order valence-electron chi connectivity index (χ3n) is 1.77. The molecule has 0 radical (unpaired) electrons. The van der Waals surface area contributed by atoms with Gasteiger partial charge in [-0.25, -0.2) is 14.5 Å². The Bertz CT molecular complexity index is 666. The number of furan rings is 1. The lowest BCUT2D eigenvalue weighted by molar-refractivity contribution is 0.0656. The molecular formula is C8H6N4O5S. The fraction of sp³-hybridized carbons (Fsp3) is 0. The summed E-state index contributed by atoms with van der Waals surface area (Å²) < 4.78 is 30.1. The Hall–Kier alpha value is -2.49. The van der Waals surface area contributed by atoms with E-state index in [-0.39, 0.29) is 5.95 Å². The molecule has 0 atom stereocenters. The molecule has 2 N–H and O–H groups in total. The van der Waals surface area contributed by atoms with Crippen LogP contribution in [0.4, 0.5) is 5.95 Å². The van der Waals surface area contributed by atoms with Crippen molar-refractivity contribution >= 4 is 21.9 Å². The van der Waals surface area contributed by atoms with Crippen LogP contribution in [-0.4, -0.2) is 34.7 Å². The predicted molar refractivity (Wildman–Crippen MR) is 56.3 cm³/mol. The molecule has 2 aromatic rings. The number of carboxylic acids is 1. The Balaban J connectivity index is 2.28. The first-order chi connectivity index (χ1) is 8.49. The summed E-state index contributed by atoms with van der Waals surface area (Å²) in [6.45, 7) is 0. The highest BCUT2D eigenvalue weighted by atomic mass is 32.2. The summed E-state index contributed by atoms with van der Waals surface area (Å²) in [6.07, 6.45) is 2.52. The summed E-state index contributed by atoms with van der Waals surface area (Å²) in [5, 5.41) is 14.9. The second-order valence-electron chi connectivity index (χ2n) is 3.00. The maximum absolute atomic E-state index is 11.7. The molecule has 0 amide bonds. The molecule has 0 unspecified atom stereocenters. The van der Waals surface area contributed by atoms with Crippen LogP contribution in [0.15, 0.2) is 34.0 Å². The summed E-state index contributed by atoms with van der Waals surface area (Å²) in [5.41, 5.74) is 0. The van der Waals surface area contributed by atoms with Gasteiger partial charge in [-0.3, -0.25) is 0 Å². The maximum Gasteiger partial charge on any atom is 0.371 e. The first-order valence-electron chi connectivity index (χ1n) is 4.49. The van der Waals surface area contributed by atoms with Crippen molar-refractivity contribution in [2.75, 3.05) is 4.72 Å². The predicted octanol–water partition coefficient (Wildman–Crippen LogP) is -0.0364. The van der Waals surface area contributed by atoms with Crippen LogP contribution in [0.3, 0.4) is 0 Å². The van der Waals surface area contributed by atoms with Crippen molar-refractivity contribution in [1.82, 2.24) is 15.2 Å². The highest BCUT2D eigenvalue weighted by molar-refractivity contribution is 7.92. The van der Waals surface area contributed by atoms with Gasteiger partial charge in [-0.05, 0) is 12.1 Å². The number of aromatic nitrogens is 3. The number of nitrogens with zero attached hydrogens (tertiary/aromatic N) is 3. The lowest BCUT2D eigenvalue weighted by Gasteiger charge is -2.01. The molecular weight excluding hydrogens is 264 g/mol. The monoisotopic (exact) mass is 270 g/mol. The summed E-state index contributed by atoms with van der Waals surface area (Å²) in [6, 6.07) is 2.04. The first-order valence-corrected chi connectivity index (χ1v) is 5.97. The van der Waals surface area contributed by atoms with Crippen molar-refractivity contribution in [2.24, 2.45) is 0 Å². The molecule has 0 aromatic carbocycles. The molecule has 0 aliphatic carbocycles. The second kappa shape index (κ2) is 4.41. The summed E-state index contributed by atoms with van der Waals surface area (Å²) >= 11 is 0. The van der Waals surface area contributed by atoms with Crippen molar-refractivity contribution in [3.8, 4) is 0 Å². The van der Waals surface area contributed by atoms with Crippen molar-refractivity contribution in [2.45, 2.75) is 5.09 Å². The number of aromatic carboxylic acids is 1. The lowest BCUT2D eigenvalue weighted by Crippen LogP contribution is -2.14. The lowest BCUT2D eigenvalue weighted by atomic mass is 10.5. The number of nitrogens with one attached hydrogen (secondary N) is 1. The molecule has 0 bridgehead atoms. The first kappa shape index (κ1) is 12.0. The van der Waals surface area contributed by atoms with E-state index < -0.39 is 26.8 Å². The van der Waals surface area contributed by atoms with Gasteiger partial charge in [0.1, 0.15) is 0 Å². The van der Waals surface area contributed by atoms with Gasteiger partial charge >= 0.3 is 5.97 Å². The Labute approximate surface area is 101 Å². The van der Waals surface area contributed by atoms with Gasteiger partial charge < -0.3 is 9.52 Å². The topological polar surface area (TPSA) is 135 Å². The molecule has 0 saturated carbocycles. The van der Waals surface area contributed by atoms with Crippen LogP contribution < -0.4 is 4.72 Å². The average Bonchev–Trinajstić information content (AvgIpc) is 2.79. The third-order valence-corrected chi connectivity index (χ3v) is 2.97. The van der Waals surface area contributed by atoms with Gasteiger partial charge in [0.05, 0.1) is 12.4 Å². The van der Waals surface area contributed by atoms with Crippen LogP contribution >= 0.6 is 0 Å². The van der Waals surface area contributed by atoms with E-state index in [0.717, 1.165) is 12.1 Å². The Morgan fingerprint density at radius 3 is 2.67 bits per heavy atom. The molecule has 0 saturated heterocycles. The van der Waals surface area contributed by atoms with Crippen LogP contribution in [0.5, 0.6) is 0 Å². The minimum Gasteiger partial charge on any atom is -0.475 e. The van der Waals surface area contributed by atoms with Crippen LogP contribution in [0.1, 0.15) is 10.6 Å². The fourth-order valence-corrected chi connectivity index (χ4v) is 1.93. The van der Waals surface area contributed by atoms with Crippen LogP contribution in [-0.2, 0) is 10.0 Å². The maximum atomic E-state index is 11.7. The molecule has 10 heteroatoms. The van der Waals surface area contributed by atoms with E-state index in [1.807, 2.05) is 4.72 Å². The zero-order chi connectivity index (χ0) is 13.2. The van der Waals surface area contributed by atoms with Gasteiger partial charge in [-0.2, -0.15) is 13.5 Å². The van der Waals surface area contributed by atoms with E-state index in [2.05, 4.69) is 19.6 Å². The van der Waals surface area contributed by atoms with Crippen molar-refractivity contribution in [3.05, 3.63) is 30.3 Å². The molecule has 0 aliphatic rings. The quantitative estimate of drug-likeness (QED) is 0.790. The number of hydrogen-bond donors (Lipinski definition) is 2. The SMILES string of the molecule is O=C(O)c1ccc(S(=O)(=O)Nc2nccnn2)o1. The smallest absolute Gasteiger partial charge is 0.371 e. The largest absolute Gasteiger partial charge is 0.475 e. The van der Waals surface area contributed by atoms with Crippen molar-refractivity contribution < 1.29 is 22.7 Å². The zero-order valence-corrected chi connectivity index (χ0v) is 9.46. The number of carboxylic acid groups (broad SMARTS) is 1. The molecule has 0 spiro atoms. The summed E-state index contributed by atoms with van der Waals surface area (Å²) in [7, 11) is -4.07. The van der Waals surface area contributed by atoms with Crippen LogP contribution in [0, 0.1) is 0 Å². The molecule has 0 aliphatic heterocycles. The van der Waals surface area contributed by atoms with Gasteiger partial charge in [-0.1, -0.05) is 0 Å². The van der Waals surface area contributed by atoms with Gasteiger partial charge in [-0.15, -0.1) is 5.10 Å². The number of sulfonamides is 1. The van der Waals surface area contributed by atoms with Crippen molar-refractivity contribution in [1.29, 1.82) is 0 Å². The number of hydrogen-bond acceptors (Lipinski definition) is 7. The van der Waals surface area contributed by atoms with E-state index in [0.29, 0.717) is 0 Å². The minimum atomic E-state index is -4.07. The molecule has 0 fully saturated rings. The minimum absolute atomic E-state index is 0.245. The van der Waals surface area contributed by atoms with E-state index in [1.165, 1.54) is 12.4 Å². The van der Waals surface area contributed by atoms with E-state index in [1.54, 1.807) is 0 Å². The molecule has 94 valence electrons. The molecule has 2 aromatic heterocycles. The molecule has 2 rings (SSSR count). The van der Waals surface area contributed by atoms with E-state index in [4.69, 9.17) is 5.11 Å². The van der Waals surface area contributed by atoms with E-state index >= 15 is 0 Å². The Morgan fingerprint density at radius 2 is 2.11 bits per heavy atom. The highest BCUT2D eigenvalue weighted by Crippen LogP contribution is 2.16. The van der Waals surface area contributed by atoms with Gasteiger partial charge in [0, 0.05) is 0 Å². The number of rotatable bonds is 4. The second-order valence-corrected chi connectivity index (χ2v) is 4.61. The normalized spacial score (nSPS) is 11.1.